The van der Waals surface area contributed by atoms with Gasteiger partial charge in [0.25, 0.3) is 0 Å². The number of nitrogens with zero attached hydrogens (tertiary/aromatic N) is 1. The molecule has 0 amide bonds. The van der Waals surface area contributed by atoms with Crippen molar-refractivity contribution < 1.29 is 4.79 Å². The monoisotopic (exact) mass is 182 g/mol. The van der Waals surface area contributed by atoms with Crippen LogP contribution in [0.2, 0.25) is 0 Å². The standard InChI is InChI=1S/C10H18N2O/c13-10-4-6-12(8-10)7-9-3-1-2-5-11-9/h9,11H,1-8H2. The van der Waals surface area contributed by atoms with Gasteiger partial charge in [-0.05, 0) is 19.4 Å². The van der Waals surface area contributed by atoms with Crippen molar-refractivity contribution in [3.8, 4) is 0 Å². The molecule has 0 spiro atoms. The predicted molar refractivity (Wildman–Crippen MR) is 51.7 cm³/mol. The molecule has 3 heteroatoms. The summed E-state index contributed by atoms with van der Waals surface area (Å²) in [6.07, 6.45) is 4.71. The zero-order chi connectivity index (χ0) is 9.10. The third kappa shape index (κ3) is 2.51. The quantitative estimate of drug-likeness (QED) is 0.671. The van der Waals surface area contributed by atoms with E-state index in [1.807, 2.05) is 0 Å². The van der Waals surface area contributed by atoms with Gasteiger partial charge in [-0.2, -0.15) is 0 Å². The highest BCUT2D eigenvalue weighted by atomic mass is 16.1. The van der Waals surface area contributed by atoms with Crippen LogP contribution in [-0.4, -0.2) is 42.9 Å². The van der Waals surface area contributed by atoms with Crippen LogP contribution >= 0.6 is 0 Å². The van der Waals surface area contributed by atoms with Gasteiger partial charge < -0.3 is 5.32 Å². The number of nitrogens with one attached hydrogen (secondary N) is 1. The lowest BCUT2D eigenvalue weighted by atomic mass is 10.0. The Bertz CT molecular complexity index is 187. The number of carbonyl (C=O) groups excluding carboxylic acids is 1. The molecule has 0 aromatic rings. The number of hydrogen-bond donors (Lipinski definition) is 1. The summed E-state index contributed by atoms with van der Waals surface area (Å²) in [5.41, 5.74) is 0. The van der Waals surface area contributed by atoms with Gasteiger partial charge in [0.15, 0.2) is 0 Å². The van der Waals surface area contributed by atoms with E-state index in [-0.39, 0.29) is 0 Å². The summed E-state index contributed by atoms with van der Waals surface area (Å²) in [5, 5.41) is 3.51. The SMILES string of the molecule is O=C1CCN(CC2CCCCN2)C1. The fraction of sp³-hybridized carbons (Fsp3) is 0.900. The Morgan fingerprint density at radius 2 is 2.38 bits per heavy atom. The molecule has 2 rings (SSSR count). The van der Waals surface area contributed by atoms with Crippen LogP contribution in [0.15, 0.2) is 0 Å². The van der Waals surface area contributed by atoms with E-state index in [9.17, 15) is 4.79 Å². The first-order chi connectivity index (χ1) is 6.34. The molecule has 0 aromatic carbocycles. The molecule has 74 valence electrons. The molecule has 0 radical (unpaired) electrons. The molecule has 13 heavy (non-hydrogen) atoms. The van der Waals surface area contributed by atoms with E-state index in [1.165, 1.54) is 19.3 Å². The van der Waals surface area contributed by atoms with Crippen molar-refractivity contribution in [1.29, 1.82) is 0 Å². The number of ketones is 1. The lowest BCUT2D eigenvalue weighted by Gasteiger charge is -2.27. The summed E-state index contributed by atoms with van der Waals surface area (Å²) in [4.78, 5) is 13.3. The van der Waals surface area contributed by atoms with E-state index in [4.69, 9.17) is 0 Å². The molecule has 0 saturated carbocycles. The Balaban J connectivity index is 1.73. The first-order valence-electron chi connectivity index (χ1n) is 5.32. The molecule has 0 bridgehead atoms. The average molecular weight is 182 g/mol. The second-order valence-electron chi connectivity index (χ2n) is 4.17. The van der Waals surface area contributed by atoms with Gasteiger partial charge in [0, 0.05) is 25.6 Å². The zero-order valence-electron chi connectivity index (χ0n) is 8.09. The topological polar surface area (TPSA) is 32.3 Å². The summed E-state index contributed by atoms with van der Waals surface area (Å²) in [7, 11) is 0. The van der Waals surface area contributed by atoms with Crippen LogP contribution in [0.1, 0.15) is 25.7 Å². The summed E-state index contributed by atoms with van der Waals surface area (Å²) in [6.45, 7) is 3.91. The molecule has 2 heterocycles. The van der Waals surface area contributed by atoms with Crippen molar-refractivity contribution in [2.75, 3.05) is 26.2 Å². The molecule has 2 aliphatic rings. The number of rotatable bonds is 2. The molecule has 2 fully saturated rings. The van der Waals surface area contributed by atoms with Crippen LogP contribution < -0.4 is 5.32 Å². The van der Waals surface area contributed by atoms with Gasteiger partial charge in [0.1, 0.15) is 5.78 Å². The molecule has 1 atom stereocenters. The van der Waals surface area contributed by atoms with Crippen molar-refractivity contribution >= 4 is 5.78 Å². The van der Waals surface area contributed by atoms with Crippen LogP contribution in [-0.2, 0) is 4.79 Å². The molecular weight excluding hydrogens is 164 g/mol. The van der Waals surface area contributed by atoms with Crippen LogP contribution in [0.4, 0.5) is 0 Å². The highest BCUT2D eigenvalue weighted by Gasteiger charge is 2.22. The predicted octanol–water partition coefficient (Wildman–Crippen LogP) is 0.403. The van der Waals surface area contributed by atoms with Crippen molar-refractivity contribution in [2.45, 2.75) is 31.7 Å². The van der Waals surface area contributed by atoms with Gasteiger partial charge in [-0.3, -0.25) is 9.69 Å². The molecule has 2 saturated heterocycles. The number of Topliss-reactive ketones (excluding diaryl/α,β-unsaturated/α-hetero) is 1. The lowest BCUT2D eigenvalue weighted by Crippen LogP contribution is -2.43. The Hall–Kier alpha value is -0.410. The van der Waals surface area contributed by atoms with Crippen molar-refractivity contribution in [3.05, 3.63) is 0 Å². The average Bonchev–Trinajstić information content (AvgIpc) is 2.53. The fourth-order valence-corrected chi connectivity index (χ4v) is 2.24. The molecule has 3 nitrogen and oxygen atoms in total. The summed E-state index contributed by atoms with van der Waals surface area (Å²) < 4.78 is 0. The van der Waals surface area contributed by atoms with E-state index in [1.54, 1.807) is 0 Å². The largest absolute Gasteiger partial charge is 0.313 e. The molecule has 0 aromatic heterocycles. The van der Waals surface area contributed by atoms with Gasteiger partial charge in [0.05, 0.1) is 6.54 Å². The molecule has 2 aliphatic heterocycles. The van der Waals surface area contributed by atoms with Gasteiger partial charge >= 0.3 is 0 Å². The molecule has 0 aliphatic carbocycles. The number of likely N-dealkylation sites (tertiary alicyclic amines) is 1. The number of carbonyl (C=O) groups is 1. The van der Waals surface area contributed by atoms with Crippen molar-refractivity contribution in [1.82, 2.24) is 10.2 Å². The van der Waals surface area contributed by atoms with E-state index >= 15 is 0 Å². The summed E-state index contributed by atoms with van der Waals surface area (Å²) >= 11 is 0. The normalized spacial score (nSPS) is 31.1. The third-order valence-electron chi connectivity index (χ3n) is 3.00. The van der Waals surface area contributed by atoms with Crippen LogP contribution in [0, 0.1) is 0 Å². The van der Waals surface area contributed by atoms with Gasteiger partial charge in [-0.15, -0.1) is 0 Å². The number of hydrogen-bond acceptors (Lipinski definition) is 3. The first-order valence-corrected chi connectivity index (χ1v) is 5.32. The maximum atomic E-state index is 11.0. The second kappa shape index (κ2) is 4.20. The van der Waals surface area contributed by atoms with Crippen LogP contribution in [0.25, 0.3) is 0 Å². The van der Waals surface area contributed by atoms with E-state index in [0.29, 0.717) is 18.4 Å². The van der Waals surface area contributed by atoms with Gasteiger partial charge in [-0.25, -0.2) is 0 Å². The van der Waals surface area contributed by atoms with Gasteiger partial charge in [-0.1, -0.05) is 6.42 Å². The molecule has 1 unspecified atom stereocenters. The van der Waals surface area contributed by atoms with E-state index < -0.39 is 0 Å². The highest BCUT2D eigenvalue weighted by Crippen LogP contribution is 2.11. The zero-order valence-corrected chi connectivity index (χ0v) is 8.09. The summed E-state index contributed by atoms with van der Waals surface area (Å²) in [5.74, 6) is 0.413. The van der Waals surface area contributed by atoms with Crippen LogP contribution in [0.3, 0.4) is 0 Å². The Kier molecular flexibility index (Phi) is 2.96. The third-order valence-corrected chi connectivity index (χ3v) is 3.00. The van der Waals surface area contributed by atoms with E-state index in [0.717, 1.165) is 26.1 Å². The summed E-state index contributed by atoms with van der Waals surface area (Å²) in [6, 6.07) is 0.639. The minimum atomic E-state index is 0.413. The fourth-order valence-electron chi connectivity index (χ4n) is 2.24. The maximum absolute atomic E-state index is 11.0. The minimum absolute atomic E-state index is 0.413. The van der Waals surface area contributed by atoms with E-state index in [2.05, 4.69) is 10.2 Å². The first kappa shape index (κ1) is 9.16. The minimum Gasteiger partial charge on any atom is -0.313 e. The molecule has 1 N–H and O–H groups in total. The second-order valence-corrected chi connectivity index (χ2v) is 4.17. The van der Waals surface area contributed by atoms with Gasteiger partial charge in [0.2, 0.25) is 0 Å². The Labute approximate surface area is 79.5 Å². The number of piperidine rings is 1. The Morgan fingerprint density at radius 3 is 3.00 bits per heavy atom. The van der Waals surface area contributed by atoms with Crippen molar-refractivity contribution in [3.63, 3.8) is 0 Å². The van der Waals surface area contributed by atoms with Crippen molar-refractivity contribution in [2.24, 2.45) is 0 Å². The smallest absolute Gasteiger partial charge is 0.148 e. The van der Waals surface area contributed by atoms with Crippen LogP contribution in [0.5, 0.6) is 0 Å². The highest BCUT2D eigenvalue weighted by molar-refractivity contribution is 5.82. The lowest BCUT2D eigenvalue weighted by molar-refractivity contribution is -0.116. The maximum Gasteiger partial charge on any atom is 0.148 e. The Morgan fingerprint density at radius 1 is 1.46 bits per heavy atom. The molecular formula is C10H18N2O.